The molecule has 72 valence electrons. The van der Waals surface area contributed by atoms with Gasteiger partial charge in [-0.25, -0.2) is 0 Å². The lowest BCUT2D eigenvalue weighted by atomic mass is 10.2. The van der Waals surface area contributed by atoms with Crippen molar-refractivity contribution in [1.82, 2.24) is 4.98 Å². The molecule has 1 aromatic heterocycles. The highest BCUT2D eigenvalue weighted by Crippen LogP contribution is 2.41. The van der Waals surface area contributed by atoms with Gasteiger partial charge in [0, 0.05) is 16.6 Å². The molecule has 3 rings (SSSR count). The van der Waals surface area contributed by atoms with Crippen molar-refractivity contribution in [2.75, 3.05) is 7.11 Å². The molecule has 0 saturated heterocycles. The standard InChI is InChI=1S/C12H13NO/c1-14-12-4-2-3-10-9(12)7-11(13-10)8-5-6-8/h2-4,7-8,13H,5-6H2,1H3. The zero-order valence-corrected chi connectivity index (χ0v) is 8.21. The Labute approximate surface area is 82.9 Å². The van der Waals surface area contributed by atoms with Gasteiger partial charge in [-0.3, -0.25) is 0 Å². The minimum atomic E-state index is 0.770. The zero-order valence-electron chi connectivity index (χ0n) is 8.21. The van der Waals surface area contributed by atoms with Gasteiger partial charge in [0.1, 0.15) is 5.75 Å². The molecule has 0 bridgehead atoms. The van der Waals surface area contributed by atoms with Crippen molar-refractivity contribution in [3.05, 3.63) is 30.0 Å². The van der Waals surface area contributed by atoms with Gasteiger partial charge in [-0.15, -0.1) is 0 Å². The topological polar surface area (TPSA) is 25.0 Å². The molecule has 1 heterocycles. The van der Waals surface area contributed by atoms with E-state index >= 15 is 0 Å². The van der Waals surface area contributed by atoms with Crippen LogP contribution in [0.4, 0.5) is 0 Å². The summed E-state index contributed by atoms with van der Waals surface area (Å²) < 4.78 is 5.32. The van der Waals surface area contributed by atoms with Crippen LogP contribution in [0.15, 0.2) is 24.3 Å². The lowest BCUT2D eigenvalue weighted by molar-refractivity contribution is 0.420. The number of rotatable bonds is 2. The minimum Gasteiger partial charge on any atom is -0.496 e. The molecule has 0 amide bonds. The summed E-state index contributed by atoms with van der Waals surface area (Å²) in [5.74, 6) is 1.73. The van der Waals surface area contributed by atoms with Crippen molar-refractivity contribution in [3.8, 4) is 5.75 Å². The number of aromatic nitrogens is 1. The summed E-state index contributed by atoms with van der Waals surface area (Å²) in [6.45, 7) is 0. The Morgan fingerprint density at radius 3 is 2.93 bits per heavy atom. The monoisotopic (exact) mass is 187 g/mol. The molecular formula is C12H13NO. The van der Waals surface area contributed by atoms with Crippen molar-refractivity contribution < 1.29 is 4.74 Å². The molecule has 0 unspecified atom stereocenters. The fourth-order valence-corrected chi connectivity index (χ4v) is 1.94. The highest BCUT2D eigenvalue weighted by molar-refractivity contribution is 5.86. The van der Waals surface area contributed by atoms with Crippen LogP contribution in [-0.2, 0) is 0 Å². The minimum absolute atomic E-state index is 0.770. The third kappa shape index (κ3) is 1.10. The van der Waals surface area contributed by atoms with E-state index in [0.29, 0.717) is 0 Å². The Hall–Kier alpha value is -1.44. The number of aromatic amines is 1. The van der Waals surface area contributed by atoms with Crippen LogP contribution in [0.3, 0.4) is 0 Å². The summed E-state index contributed by atoms with van der Waals surface area (Å²) in [5.41, 5.74) is 2.55. The normalized spacial score (nSPS) is 16.1. The van der Waals surface area contributed by atoms with Crippen LogP contribution in [0.2, 0.25) is 0 Å². The van der Waals surface area contributed by atoms with Crippen LogP contribution in [0.5, 0.6) is 5.75 Å². The Bertz CT molecular complexity index is 468. The van der Waals surface area contributed by atoms with Gasteiger partial charge in [-0.05, 0) is 37.0 Å². The van der Waals surface area contributed by atoms with Crippen LogP contribution in [-0.4, -0.2) is 12.1 Å². The Balaban J connectivity index is 2.20. The van der Waals surface area contributed by atoms with Gasteiger partial charge in [0.2, 0.25) is 0 Å². The fraction of sp³-hybridized carbons (Fsp3) is 0.333. The zero-order chi connectivity index (χ0) is 9.54. The van der Waals surface area contributed by atoms with Crippen molar-refractivity contribution in [1.29, 1.82) is 0 Å². The molecule has 1 fully saturated rings. The highest BCUT2D eigenvalue weighted by atomic mass is 16.5. The average molecular weight is 187 g/mol. The van der Waals surface area contributed by atoms with Gasteiger partial charge in [0.15, 0.2) is 0 Å². The first-order chi connectivity index (χ1) is 6.88. The van der Waals surface area contributed by atoms with E-state index in [1.54, 1.807) is 7.11 Å². The van der Waals surface area contributed by atoms with E-state index in [0.717, 1.165) is 11.7 Å². The SMILES string of the molecule is COc1cccc2[nH]c(C3CC3)cc12. The molecule has 1 saturated carbocycles. The summed E-state index contributed by atoms with van der Waals surface area (Å²) in [5, 5.41) is 1.21. The average Bonchev–Trinajstić information content (AvgIpc) is 2.97. The fourth-order valence-electron chi connectivity index (χ4n) is 1.94. The van der Waals surface area contributed by atoms with E-state index in [-0.39, 0.29) is 0 Å². The highest BCUT2D eigenvalue weighted by Gasteiger charge is 2.25. The van der Waals surface area contributed by atoms with Crippen LogP contribution in [0.1, 0.15) is 24.5 Å². The lowest BCUT2D eigenvalue weighted by Crippen LogP contribution is -1.81. The van der Waals surface area contributed by atoms with Gasteiger partial charge >= 0.3 is 0 Å². The van der Waals surface area contributed by atoms with Crippen molar-refractivity contribution >= 4 is 10.9 Å². The molecule has 2 nitrogen and oxygen atoms in total. The maximum atomic E-state index is 5.32. The second-order valence-corrected chi connectivity index (χ2v) is 3.92. The maximum absolute atomic E-state index is 5.32. The predicted molar refractivity (Wildman–Crippen MR) is 56.8 cm³/mol. The third-order valence-corrected chi connectivity index (χ3v) is 2.88. The lowest BCUT2D eigenvalue weighted by Gasteiger charge is -1.99. The summed E-state index contributed by atoms with van der Waals surface area (Å²) >= 11 is 0. The van der Waals surface area contributed by atoms with E-state index in [1.165, 1.54) is 29.4 Å². The van der Waals surface area contributed by atoms with Crippen LogP contribution < -0.4 is 4.74 Å². The van der Waals surface area contributed by atoms with E-state index in [9.17, 15) is 0 Å². The molecule has 2 heteroatoms. The summed E-state index contributed by atoms with van der Waals surface area (Å²) in [6.07, 6.45) is 2.66. The van der Waals surface area contributed by atoms with Crippen LogP contribution in [0, 0.1) is 0 Å². The second kappa shape index (κ2) is 2.77. The van der Waals surface area contributed by atoms with Crippen molar-refractivity contribution in [3.63, 3.8) is 0 Å². The van der Waals surface area contributed by atoms with E-state index in [2.05, 4.69) is 17.1 Å². The molecule has 0 aliphatic heterocycles. The van der Waals surface area contributed by atoms with Gasteiger partial charge in [0.05, 0.1) is 7.11 Å². The predicted octanol–water partition coefficient (Wildman–Crippen LogP) is 3.05. The van der Waals surface area contributed by atoms with Crippen molar-refractivity contribution in [2.24, 2.45) is 0 Å². The number of fused-ring (bicyclic) bond motifs is 1. The molecule has 0 atom stereocenters. The number of H-pyrrole nitrogens is 1. The summed E-state index contributed by atoms with van der Waals surface area (Å²) in [7, 11) is 1.72. The number of methoxy groups -OCH3 is 1. The number of hydrogen-bond donors (Lipinski definition) is 1. The smallest absolute Gasteiger partial charge is 0.128 e. The number of hydrogen-bond acceptors (Lipinski definition) is 1. The van der Waals surface area contributed by atoms with E-state index in [1.807, 2.05) is 12.1 Å². The first kappa shape index (κ1) is 7.92. The van der Waals surface area contributed by atoms with Gasteiger partial charge in [-0.2, -0.15) is 0 Å². The van der Waals surface area contributed by atoms with Crippen LogP contribution >= 0.6 is 0 Å². The first-order valence-electron chi connectivity index (χ1n) is 5.04. The number of benzene rings is 1. The molecule has 14 heavy (non-hydrogen) atoms. The molecule has 0 spiro atoms. The van der Waals surface area contributed by atoms with Gasteiger partial charge in [-0.1, -0.05) is 6.07 Å². The van der Waals surface area contributed by atoms with E-state index < -0.39 is 0 Å². The largest absolute Gasteiger partial charge is 0.496 e. The molecule has 0 radical (unpaired) electrons. The molecule has 2 aromatic rings. The molecule has 1 aliphatic rings. The summed E-state index contributed by atoms with van der Waals surface area (Å²) in [6, 6.07) is 8.36. The van der Waals surface area contributed by atoms with Gasteiger partial charge in [0.25, 0.3) is 0 Å². The quantitative estimate of drug-likeness (QED) is 0.768. The summed E-state index contributed by atoms with van der Waals surface area (Å²) in [4.78, 5) is 3.45. The third-order valence-electron chi connectivity index (χ3n) is 2.88. The Kier molecular flexibility index (Phi) is 1.57. The Morgan fingerprint density at radius 1 is 1.36 bits per heavy atom. The van der Waals surface area contributed by atoms with E-state index in [4.69, 9.17) is 4.74 Å². The van der Waals surface area contributed by atoms with Crippen LogP contribution in [0.25, 0.3) is 10.9 Å². The van der Waals surface area contributed by atoms with Gasteiger partial charge < -0.3 is 9.72 Å². The molecule has 1 N–H and O–H groups in total. The second-order valence-electron chi connectivity index (χ2n) is 3.92. The number of nitrogens with one attached hydrogen (secondary N) is 1. The molecule has 1 aromatic carbocycles. The maximum Gasteiger partial charge on any atom is 0.128 e. The van der Waals surface area contributed by atoms with Crippen molar-refractivity contribution in [2.45, 2.75) is 18.8 Å². The first-order valence-corrected chi connectivity index (χ1v) is 5.04. The Morgan fingerprint density at radius 2 is 2.21 bits per heavy atom. The molecule has 1 aliphatic carbocycles. The number of ether oxygens (including phenoxy) is 1. The molecular weight excluding hydrogens is 174 g/mol.